The van der Waals surface area contributed by atoms with Gasteiger partial charge in [-0.2, -0.15) is 0 Å². The second-order valence-corrected chi connectivity index (χ2v) is 5.56. The van der Waals surface area contributed by atoms with E-state index >= 15 is 0 Å². The van der Waals surface area contributed by atoms with Crippen molar-refractivity contribution in [2.75, 3.05) is 26.3 Å². The number of ether oxygens (including phenoxy) is 1. The van der Waals surface area contributed by atoms with Gasteiger partial charge in [0.15, 0.2) is 5.69 Å². The fraction of sp³-hybridized carbons (Fsp3) is 0.353. The maximum atomic E-state index is 10.8. The summed E-state index contributed by atoms with van der Waals surface area (Å²) in [6.07, 6.45) is 0. The predicted molar refractivity (Wildman–Crippen MR) is 85.2 cm³/mol. The molecular formula is C17H19N3O3. The van der Waals surface area contributed by atoms with Gasteiger partial charge in [-0.1, -0.05) is 24.3 Å². The van der Waals surface area contributed by atoms with Crippen LogP contribution in [0.25, 0.3) is 11.3 Å². The molecule has 1 aliphatic rings. The monoisotopic (exact) mass is 313 g/mol. The van der Waals surface area contributed by atoms with Crippen LogP contribution in [-0.2, 0) is 4.74 Å². The van der Waals surface area contributed by atoms with Gasteiger partial charge in [-0.25, -0.2) is 4.79 Å². The Balaban J connectivity index is 1.74. The average molecular weight is 313 g/mol. The van der Waals surface area contributed by atoms with E-state index in [0.717, 1.165) is 31.9 Å². The molecule has 1 N–H and O–H groups in total. The van der Waals surface area contributed by atoms with Crippen LogP contribution in [0.1, 0.15) is 29.0 Å². The number of rotatable bonds is 4. The molecule has 1 aromatic carbocycles. The normalized spacial score (nSPS) is 16.9. The van der Waals surface area contributed by atoms with Crippen molar-refractivity contribution in [3.05, 3.63) is 47.7 Å². The van der Waals surface area contributed by atoms with Gasteiger partial charge in [0, 0.05) is 24.7 Å². The number of carboxylic acid groups (broad SMARTS) is 1. The van der Waals surface area contributed by atoms with Crippen LogP contribution in [-0.4, -0.2) is 52.5 Å². The summed E-state index contributed by atoms with van der Waals surface area (Å²) < 4.78 is 5.39. The van der Waals surface area contributed by atoms with Crippen LogP contribution in [0, 0.1) is 0 Å². The van der Waals surface area contributed by atoms with Crippen LogP contribution in [0.3, 0.4) is 0 Å². The molecule has 0 amide bonds. The smallest absolute Gasteiger partial charge is 0.356 e. The van der Waals surface area contributed by atoms with Gasteiger partial charge in [0.1, 0.15) is 0 Å². The van der Waals surface area contributed by atoms with Gasteiger partial charge in [-0.15, -0.1) is 10.2 Å². The lowest BCUT2D eigenvalue weighted by Gasteiger charge is -2.32. The zero-order valence-electron chi connectivity index (χ0n) is 13.0. The Labute approximate surface area is 134 Å². The Morgan fingerprint density at radius 1 is 1.13 bits per heavy atom. The third-order valence-electron chi connectivity index (χ3n) is 4.17. The Morgan fingerprint density at radius 2 is 1.83 bits per heavy atom. The van der Waals surface area contributed by atoms with Crippen LogP contribution >= 0.6 is 0 Å². The molecular weight excluding hydrogens is 294 g/mol. The average Bonchev–Trinajstić information content (AvgIpc) is 2.62. The second-order valence-electron chi connectivity index (χ2n) is 5.56. The maximum Gasteiger partial charge on any atom is 0.356 e. The van der Waals surface area contributed by atoms with Gasteiger partial charge in [0.05, 0.1) is 18.9 Å². The van der Waals surface area contributed by atoms with Crippen molar-refractivity contribution in [1.29, 1.82) is 0 Å². The van der Waals surface area contributed by atoms with E-state index in [1.165, 1.54) is 11.6 Å². The predicted octanol–water partition coefficient (Wildman–Crippen LogP) is 2.24. The molecule has 1 saturated heterocycles. The molecule has 120 valence electrons. The first-order valence-electron chi connectivity index (χ1n) is 7.64. The summed E-state index contributed by atoms with van der Waals surface area (Å²) in [5, 5.41) is 16.5. The number of hydrogen-bond acceptors (Lipinski definition) is 5. The van der Waals surface area contributed by atoms with E-state index in [2.05, 4.69) is 34.2 Å². The lowest BCUT2D eigenvalue weighted by atomic mass is 10.0. The summed E-state index contributed by atoms with van der Waals surface area (Å²) in [5.41, 5.74) is 2.78. The Morgan fingerprint density at radius 3 is 2.39 bits per heavy atom. The topological polar surface area (TPSA) is 75.5 Å². The summed E-state index contributed by atoms with van der Waals surface area (Å²) >= 11 is 0. The maximum absolute atomic E-state index is 10.8. The minimum absolute atomic E-state index is 0.0497. The first-order valence-corrected chi connectivity index (χ1v) is 7.64. The minimum atomic E-state index is -1.07. The highest BCUT2D eigenvalue weighted by Gasteiger charge is 2.18. The van der Waals surface area contributed by atoms with Crippen LogP contribution in [0.15, 0.2) is 36.4 Å². The van der Waals surface area contributed by atoms with Gasteiger partial charge in [0.2, 0.25) is 0 Å². The van der Waals surface area contributed by atoms with E-state index in [0.29, 0.717) is 11.7 Å². The largest absolute Gasteiger partial charge is 0.476 e. The molecule has 0 bridgehead atoms. The van der Waals surface area contributed by atoms with Gasteiger partial charge in [-0.05, 0) is 24.6 Å². The first kappa shape index (κ1) is 15.6. The molecule has 3 rings (SSSR count). The second kappa shape index (κ2) is 6.85. The molecule has 1 unspecified atom stereocenters. The molecule has 1 atom stereocenters. The zero-order chi connectivity index (χ0) is 16.2. The molecule has 2 heterocycles. The number of hydrogen-bond donors (Lipinski definition) is 1. The summed E-state index contributed by atoms with van der Waals surface area (Å²) in [7, 11) is 0. The molecule has 0 radical (unpaired) electrons. The van der Waals surface area contributed by atoms with Crippen molar-refractivity contribution in [3.63, 3.8) is 0 Å². The quantitative estimate of drug-likeness (QED) is 0.933. The van der Waals surface area contributed by atoms with Crippen LogP contribution in [0.5, 0.6) is 0 Å². The van der Waals surface area contributed by atoms with E-state index in [1.807, 2.05) is 12.1 Å². The van der Waals surface area contributed by atoms with Crippen molar-refractivity contribution >= 4 is 5.97 Å². The molecule has 23 heavy (non-hydrogen) atoms. The Hall–Kier alpha value is -2.31. The summed E-state index contributed by atoms with van der Waals surface area (Å²) in [6.45, 7) is 5.67. The third-order valence-corrected chi connectivity index (χ3v) is 4.17. The molecule has 2 aromatic rings. The number of nitrogens with zero attached hydrogens (tertiary/aromatic N) is 3. The first-order chi connectivity index (χ1) is 11.1. The Bertz CT molecular complexity index is 664. The minimum Gasteiger partial charge on any atom is -0.476 e. The molecule has 1 fully saturated rings. The van der Waals surface area contributed by atoms with Gasteiger partial charge in [-0.3, -0.25) is 4.90 Å². The molecule has 0 aliphatic carbocycles. The van der Waals surface area contributed by atoms with Crippen molar-refractivity contribution in [1.82, 2.24) is 15.1 Å². The van der Waals surface area contributed by atoms with Gasteiger partial charge >= 0.3 is 5.97 Å². The molecule has 0 spiro atoms. The highest BCUT2D eigenvalue weighted by atomic mass is 16.5. The van der Waals surface area contributed by atoms with Crippen LogP contribution < -0.4 is 0 Å². The summed E-state index contributed by atoms with van der Waals surface area (Å²) in [5.74, 6) is -1.07. The molecule has 6 heteroatoms. The number of carbonyl (C=O) groups is 1. The zero-order valence-corrected chi connectivity index (χ0v) is 13.0. The molecule has 0 saturated carbocycles. The van der Waals surface area contributed by atoms with E-state index in [9.17, 15) is 4.79 Å². The van der Waals surface area contributed by atoms with E-state index in [-0.39, 0.29) is 5.69 Å². The number of benzene rings is 1. The van der Waals surface area contributed by atoms with Crippen molar-refractivity contribution in [2.24, 2.45) is 0 Å². The highest BCUT2D eigenvalue weighted by molar-refractivity contribution is 5.85. The molecule has 6 nitrogen and oxygen atoms in total. The number of morpholine rings is 1. The van der Waals surface area contributed by atoms with E-state index < -0.39 is 5.97 Å². The Kier molecular flexibility index (Phi) is 4.64. The van der Waals surface area contributed by atoms with E-state index in [4.69, 9.17) is 9.84 Å². The number of aromatic nitrogens is 2. The van der Waals surface area contributed by atoms with E-state index in [1.54, 1.807) is 6.07 Å². The lowest BCUT2D eigenvalue weighted by molar-refractivity contribution is 0.0198. The van der Waals surface area contributed by atoms with Gasteiger partial charge < -0.3 is 9.84 Å². The third kappa shape index (κ3) is 3.55. The molecule has 1 aliphatic heterocycles. The van der Waals surface area contributed by atoms with Crippen molar-refractivity contribution in [2.45, 2.75) is 13.0 Å². The summed E-state index contributed by atoms with van der Waals surface area (Å²) in [4.78, 5) is 13.2. The standard InChI is InChI=1S/C17H19N3O3/c1-12(20-8-10-23-11-9-20)13-2-4-14(5-3-13)15-6-7-16(17(21)22)19-18-15/h2-7,12H,8-11H2,1H3,(H,21,22). The fourth-order valence-corrected chi connectivity index (χ4v) is 2.71. The van der Waals surface area contributed by atoms with Crippen molar-refractivity contribution in [3.8, 4) is 11.3 Å². The highest BCUT2D eigenvalue weighted by Crippen LogP contribution is 2.24. The number of aromatic carboxylic acids is 1. The lowest BCUT2D eigenvalue weighted by Crippen LogP contribution is -2.37. The summed E-state index contributed by atoms with van der Waals surface area (Å²) in [6, 6.07) is 11.7. The fourth-order valence-electron chi connectivity index (χ4n) is 2.71. The SMILES string of the molecule is CC(c1ccc(-c2ccc(C(=O)O)nn2)cc1)N1CCOCC1. The number of carboxylic acids is 1. The van der Waals surface area contributed by atoms with Crippen LogP contribution in [0.4, 0.5) is 0 Å². The van der Waals surface area contributed by atoms with Crippen LogP contribution in [0.2, 0.25) is 0 Å². The van der Waals surface area contributed by atoms with Gasteiger partial charge in [0.25, 0.3) is 0 Å². The molecule has 1 aromatic heterocycles. The van der Waals surface area contributed by atoms with Crippen molar-refractivity contribution < 1.29 is 14.6 Å².